The lowest BCUT2D eigenvalue weighted by Gasteiger charge is -2.19. The molecule has 0 unspecified atom stereocenters. The Bertz CT molecular complexity index is 1390. The Hall–Kier alpha value is -3.55. The van der Waals surface area contributed by atoms with Crippen LogP contribution < -0.4 is 9.47 Å². The standard InChI is InChI=1S/C22H19F2N3O3/c1-22(23,24)30-17-6-3-15(4-7-17)16-5-8-19-18(13-16)21(28)27(11-12-29-19)14-20-25-9-2-10-26-20/h2-10,13H,11-12,14H2,1H3/i3D,4D,6D,7D,11D2,12D2. The monoisotopic (exact) mass is 419 g/mol. The molecule has 154 valence electrons. The van der Waals surface area contributed by atoms with Gasteiger partial charge in [-0.15, -0.1) is 0 Å². The van der Waals surface area contributed by atoms with Crippen molar-refractivity contribution in [1.29, 1.82) is 0 Å². The molecular weight excluding hydrogens is 392 g/mol. The van der Waals surface area contributed by atoms with Gasteiger partial charge >= 0.3 is 6.11 Å². The molecule has 4 rings (SSSR count). The summed E-state index contributed by atoms with van der Waals surface area (Å²) in [4.78, 5) is 22.0. The average Bonchev–Trinajstić information content (AvgIpc) is 2.88. The topological polar surface area (TPSA) is 64.6 Å². The van der Waals surface area contributed by atoms with E-state index >= 15 is 0 Å². The minimum atomic E-state index is -3.77. The molecule has 2 aromatic carbocycles. The molecule has 0 aliphatic carbocycles. The Morgan fingerprint density at radius 2 is 1.97 bits per heavy atom. The van der Waals surface area contributed by atoms with Crippen molar-refractivity contribution in [1.82, 2.24) is 14.9 Å². The highest BCUT2D eigenvalue weighted by molar-refractivity contribution is 5.98. The maximum atomic E-state index is 13.6. The lowest BCUT2D eigenvalue weighted by Crippen LogP contribution is -2.32. The maximum absolute atomic E-state index is 13.6. The molecule has 30 heavy (non-hydrogen) atoms. The van der Waals surface area contributed by atoms with E-state index in [1.807, 2.05) is 0 Å². The lowest BCUT2D eigenvalue weighted by atomic mass is 10.0. The summed E-state index contributed by atoms with van der Waals surface area (Å²) in [5, 5.41) is 0. The maximum Gasteiger partial charge on any atom is 0.394 e. The van der Waals surface area contributed by atoms with Crippen molar-refractivity contribution in [3.63, 3.8) is 0 Å². The number of hydrogen-bond donors (Lipinski definition) is 0. The quantitative estimate of drug-likeness (QED) is 0.621. The summed E-state index contributed by atoms with van der Waals surface area (Å²) in [6.45, 7) is -6.18. The summed E-state index contributed by atoms with van der Waals surface area (Å²) in [5.41, 5.74) is -0.761. The van der Waals surface area contributed by atoms with Crippen LogP contribution in [0.2, 0.25) is 0 Å². The minimum absolute atomic E-state index is 0.0167. The Labute approximate surface area is 183 Å². The first-order chi connectivity index (χ1) is 17.5. The van der Waals surface area contributed by atoms with Crippen LogP contribution in [0.15, 0.2) is 60.8 Å². The van der Waals surface area contributed by atoms with Gasteiger partial charge in [-0.05, 0) is 41.4 Å². The van der Waals surface area contributed by atoms with Crippen LogP contribution in [0, 0.1) is 0 Å². The lowest BCUT2D eigenvalue weighted by molar-refractivity contribution is -0.158. The second-order valence-electron chi connectivity index (χ2n) is 6.20. The van der Waals surface area contributed by atoms with E-state index in [1.165, 1.54) is 24.5 Å². The summed E-state index contributed by atoms with van der Waals surface area (Å²) in [7, 11) is 0. The molecule has 0 bridgehead atoms. The van der Waals surface area contributed by atoms with Crippen molar-refractivity contribution in [3.8, 4) is 22.6 Å². The van der Waals surface area contributed by atoms with Crippen molar-refractivity contribution >= 4 is 5.91 Å². The van der Waals surface area contributed by atoms with Crippen molar-refractivity contribution in [2.24, 2.45) is 0 Å². The van der Waals surface area contributed by atoms with Crippen LogP contribution in [0.4, 0.5) is 8.78 Å². The van der Waals surface area contributed by atoms with Crippen LogP contribution in [-0.4, -0.2) is 39.9 Å². The van der Waals surface area contributed by atoms with Crippen LogP contribution in [0.1, 0.15) is 34.1 Å². The zero-order chi connectivity index (χ0) is 28.2. The van der Waals surface area contributed by atoms with Crippen LogP contribution in [0.3, 0.4) is 0 Å². The van der Waals surface area contributed by atoms with Gasteiger partial charge in [-0.3, -0.25) is 4.79 Å². The van der Waals surface area contributed by atoms with Gasteiger partial charge in [0.1, 0.15) is 23.9 Å². The van der Waals surface area contributed by atoms with Crippen LogP contribution >= 0.6 is 0 Å². The van der Waals surface area contributed by atoms with Gasteiger partial charge in [-0.2, -0.15) is 8.78 Å². The molecule has 1 aliphatic rings. The largest absolute Gasteiger partial charge is 0.491 e. The Morgan fingerprint density at radius 1 is 1.23 bits per heavy atom. The molecule has 1 aliphatic heterocycles. The molecule has 0 spiro atoms. The van der Waals surface area contributed by atoms with Crippen LogP contribution in [0.25, 0.3) is 11.1 Å². The van der Waals surface area contributed by atoms with E-state index in [0.717, 1.165) is 12.1 Å². The Balaban J connectivity index is 1.87. The third kappa shape index (κ3) is 4.53. The third-order valence-electron chi connectivity index (χ3n) is 3.89. The van der Waals surface area contributed by atoms with E-state index in [4.69, 9.17) is 15.7 Å². The first-order valence-electron chi connectivity index (χ1n) is 12.6. The third-order valence-corrected chi connectivity index (χ3v) is 3.89. The fourth-order valence-electron chi connectivity index (χ4n) is 2.61. The van der Waals surface area contributed by atoms with E-state index in [1.54, 1.807) is 0 Å². The molecule has 2 heterocycles. The van der Waals surface area contributed by atoms with Gasteiger partial charge in [-0.1, -0.05) is 18.2 Å². The second-order valence-corrected chi connectivity index (χ2v) is 6.20. The molecule has 6 nitrogen and oxygen atoms in total. The van der Waals surface area contributed by atoms with Crippen LogP contribution in [0.5, 0.6) is 11.5 Å². The fourth-order valence-corrected chi connectivity index (χ4v) is 2.61. The predicted octanol–water partition coefficient (Wildman–Crippen LogP) is 4.17. The van der Waals surface area contributed by atoms with Gasteiger partial charge < -0.3 is 14.4 Å². The number of hydrogen-bond acceptors (Lipinski definition) is 5. The van der Waals surface area contributed by atoms with Gasteiger partial charge in [0.2, 0.25) is 0 Å². The molecule has 0 saturated heterocycles. The predicted molar refractivity (Wildman–Crippen MR) is 105 cm³/mol. The number of rotatable bonds is 5. The number of halogens is 2. The van der Waals surface area contributed by atoms with Gasteiger partial charge in [0.25, 0.3) is 5.91 Å². The molecule has 0 saturated carbocycles. The van der Waals surface area contributed by atoms with Gasteiger partial charge in [-0.25, -0.2) is 9.97 Å². The summed E-state index contributed by atoms with van der Waals surface area (Å²) in [5.74, 6) is -2.31. The highest BCUT2D eigenvalue weighted by Crippen LogP contribution is 2.31. The van der Waals surface area contributed by atoms with Crippen molar-refractivity contribution in [2.45, 2.75) is 19.6 Å². The normalized spacial score (nSPS) is 21.2. The Morgan fingerprint density at radius 3 is 2.67 bits per heavy atom. The number of fused-ring (bicyclic) bond motifs is 1. The number of alkyl halides is 2. The number of ether oxygens (including phenoxy) is 2. The molecule has 8 heteroatoms. The number of nitrogens with zero attached hydrogens (tertiary/aromatic N) is 3. The second kappa shape index (κ2) is 8.06. The first kappa shape index (κ1) is 12.2. The summed E-state index contributed by atoms with van der Waals surface area (Å²) in [6.07, 6.45) is -1.05. The molecule has 0 fully saturated rings. The minimum Gasteiger partial charge on any atom is -0.491 e. The smallest absolute Gasteiger partial charge is 0.394 e. The average molecular weight is 419 g/mol. The van der Waals surface area contributed by atoms with Crippen molar-refractivity contribution < 1.29 is 34.0 Å². The number of benzene rings is 2. The van der Waals surface area contributed by atoms with E-state index in [-0.39, 0.29) is 28.3 Å². The molecule has 0 radical (unpaired) electrons. The van der Waals surface area contributed by atoms with Gasteiger partial charge in [0, 0.05) is 19.3 Å². The molecule has 3 aromatic rings. The summed E-state index contributed by atoms with van der Waals surface area (Å²) >= 11 is 0. The summed E-state index contributed by atoms with van der Waals surface area (Å²) < 4.78 is 102. The fraction of sp³-hybridized carbons (Fsp3) is 0.227. The highest BCUT2D eigenvalue weighted by Gasteiger charge is 2.25. The van der Waals surface area contributed by atoms with Crippen molar-refractivity contribution in [3.05, 3.63) is 72.2 Å². The van der Waals surface area contributed by atoms with E-state index in [0.29, 0.717) is 11.8 Å². The zero-order valence-corrected chi connectivity index (χ0v) is 15.5. The number of carbonyl (C=O) groups is 1. The van der Waals surface area contributed by atoms with E-state index in [9.17, 15) is 13.6 Å². The number of amides is 1. The SMILES string of the molecule is [2H]c1c([2H])c(-c2ccc3c(c2)C(=O)N(Cc2ncccn2)C([2H])([2H])C([2H])([2H])O3)c([2H])c([2H])c1OC(C)(F)F. The number of carbonyl (C=O) groups excluding carboxylic acids is 1. The van der Waals surface area contributed by atoms with Crippen LogP contribution in [-0.2, 0) is 6.54 Å². The zero-order valence-electron chi connectivity index (χ0n) is 23.5. The summed E-state index contributed by atoms with van der Waals surface area (Å²) in [6, 6.07) is 1.71. The van der Waals surface area contributed by atoms with E-state index in [2.05, 4.69) is 14.7 Å². The highest BCUT2D eigenvalue weighted by atomic mass is 19.3. The number of aromatic nitrogens is 2. The molecule has 0 N–H and O–H groups in total. The van der Waals surface area contributed by atoms with Crippen molar-refractivity contribution in [2.75, 3.05) is 13.1 Å². The molecule has 0 atom stereocenters. The van der Waals surface area contributed by atoms with Gasteiger partial charge in [0.15, 0.2) is 0 Å². The molecule has 1 amide bonds. The molecular formula is C22H19F2N3O3. The Kier molecular flexibility index (Phi) is 3.28. The van der Waals surface area contributed by atoms with Gasteiger partial charge in [0.05, 0.1) is 29.6 Å². The first-order valence-corrected chi connectivity index (χ1v) is 8.63. The molecule has 1 aromatic heterocycles. The van der Waals surface area contributed by atoms with E-state index < -0.39 is 61.5 Å².